The second-order valence-electron chi connectivity index (χ2n) is 0. The normalized spacial score (nSPS) is 0.857. The first-order valence-electron chi connectivity index (χ1n) is 0.134. The molecule has 0 atom stereocenters. The van der Waals surface area contributed by atoms with E-state index >= 15 is 0 Å². The average Bonchev–Trinajstić information content (AvgIpc) is 1.00. The number of hydrogen-bond donors (Lipinski definition) is 0. The molecule has 7 heteroatoms. The monoisotopic (exact) mass is 261 g/mol. The summed E-state index contributed by atoms with van der Waals surface area (Å²) in [6.07, 6.45) is 0. The van der Waals surface area contributed by atoms with Crippen LogP contribution in [0.25, 0.3) is 30.8 Å². The minimum absolute atomic E-state index is 0. The van der Waals surface area contributed by atoms with E-state index in [1.165, 1.54) is 0 Å². The first-order chi connectivity index (χ1) is 1.00. The third kappa shape index (κ3) is 203. The van der Waals surface area contributed by atoms with Gasteiger partial charge in [-0.15, -0.1) is 0 Å². The van der Waals surface area contributed by atoms with Crippen LogP contribution < -0.4 is 0 Å². The summed E-state index contributed by atoms with van der Waals surface area (Å²) in [7, 11) is 0. The first kappa shape index (κ1) is 104. The molecule has 0 aromatic carbocycles. The summed E-state index contributed by atoms with van der Waals surface area (Å²) in [5, 5.41) is 0. The van der Waals surface area contributed by atoms with Gasteiger partial charge in [-0.05, 0) is 0 Å². The second kappa shape index (κ2) is 295. The summed E-state index contributed by atoms with van der Waals surface area (Å²) < 4.78 is 0. The molecule has 0 bridgehead atoms. The van der Waals surface area contributed by atoms with E-state index in [1.54, 1.807) is 0 Å². The van der Waals surface area contributed by atoms with Gasteiger partial charge in [-0.1, -0.05) is 0 Å². The minimum Gasteiger partial charge on any atom is -0.693 e. The Hall–Kier alpha value is 0.903. The summed E-state index contributed by atoms with van der Waals surface area (Å²) in [6.45, 7) is 0. The molecule has 0 spiro atoms. The molecule has 10 N–H and O–H groups in total. The molecule has 0 aliphatic rings. The van der Waals surface area contributed by atoms with Crippen LogP contribution in [0.2, 0.25) is 0 Å². The molecule has 0 saturated heterocycles. The SMILES string of the molecule is [Br][Ru].[NH2-].[NH2-].[NH2-].[NH2-].[NH2-]. The van der Waals surface area contributed by atoms with Crippen LogP contribution in [-0.2, 0) is 16.3 Å². The Morgan fingerprint density at radius 2 is 0.571 bits per heavy atom. The van der Waals surface area contributed by atoms with Gasteiger partial charge in [-0.2, -0.15) is 0 Å². The predicted molar refractivity (Wildman–Crippen MR) is 35.3 cm³/mol. The zero-order valence-electron chi connectivity index (χ0n) is 3.62. The molecular weight excluding hydrogens is 251 g/mol. The first-order valence-corrected chi connectivity index (χ1v) is 4.11. The molecule has 0 aromatic heterocycles. The van der Waals surface area contributed by atoms with Crippen LogP contribution in [0, 0.1) is 0 Å². The molecule has 0 saturated carbocycles. The van der Waals surface area contributed by atoms with Crippen LogP contribution >= 0.6 is 13.6 Å². The van der Waals surface area contributed by atoms with E-state index in [4.69, 9.17) is 0 Å². The predicted octanol–water partition coefficient (Wildman–Crippen LogP) is 4.43. The van der Waals surface area contributed by atoms with Gasteiger partial charge in [0.15, 0.2) is 0 Å². The maximum absolute atomic E-state index is 2.87. The van der Waals surface area contributed by atoms with Crippen LogP contribution in [0.3, 0.4) is 0 Å². The largest absolute Gasteiger partial charge is 0.693 e. The van der Waals surface area contributed by atoms with E-state index in [1.807, 2.05) is 0 Å². The smallest absolute Gasteiger partial charge is 0.693 e. The summed E-state index contributed by atoms with van der Waals surface area (Å²) in [4.78, 5) is 0. The number of halogens is 1. The average molecular weight is 261 g/mol. The number of nitrogens with two attached hydrogens (primary N) is 5. The van der Waals surface area contributed by atoms with Crippen molar-refractivity contribution in [1.82, 2.24) is 0 Å². The van der Waals surface area contributed by atoms with E-state index in [0.29, 0.717) is 0 Å². The van der Waals surface area contributed by atoms with Crippen molar-refractivity contribution in [2.45, 2.75) is 0 Å². The van der Waals surface area contributed by atoms with E-state index in [0.717, 1.165) is 0 Å². The number of hydrogen-bond acceptors (Lipinski definition) is 0. The van der Waals surface area contributed by atoms with Crippen molar-refractivity contribution in [2.75, 3.05) is 0 Å². The molecule has 7 heavy (non-hydrogen) atoms. The maximum atomic E-state index is 2.87. The van der Waals surface area contributed by atoms with Gasteiger partial charge in [0.1, 0.15) is 0 Å². The van der Waals surface area contributed by atoms with Crippen molar-refractivity contribution in [3.8, 4) is 0 Å². The van der Waals surface area contributed by atoms with Crippen LogP contribution in [0.4, 0.5) is 0 Å². The Labute approximate surface area is 60.9 Å². The topological polar surface area (TPSA) is 168 Å². The molecule has 0 aromatic rings. The minimum atomic E-state index is 0. The maximum Gasteiger partial charge on any atom is -0.693 e. The van der Waals surface area contributed by atoms with Gasteiger partial charge in [0, 0.05) is 0 Å². The quantitative estimate of drug-likeness (QED) is 0.562. The molecule has 0 radical (unpaired) electrons. The Kier molecular flexibility index (Phi) is 4380. The summed E-state index contributed by atoms with van der Waals surface area (Å²) in [5.41, 5.74) is 0. The Morgan fingerprint density at radius 3 is 0.571 bits per heavy atom. The van der Waals surface area contributed by atoms with Crippen LogP contribution in [-0.4, -0.2) is 0 Å². The summed E-state index contributed by atoms with van der Waals surface area (Å²) in [5.74, 6) is 0. The van der Waals surface area contributed by atoms with E-state index in [2.05, 4.69) is 30.0 Å². The zero-order valence-corrected chi connectivity index (χ0v) is 6.94. The van der Waals surface area contributed by atoms with Crippen molar-refractivity contribution in [1.29, 1.82) is 0 Å². The van der Waals surface area contributed by atoms with E-state index in [9.17, 15) is 0 Å². The van der Waals surface area contributed by atoms with Gasteiger partial charge < -0.3 is 30.8 Å². The van der Waals surface area contributed by atoms with E-state index < -0.39 is 0 Å². The van der Waals surface area contributed by atoms with Crippen molar-refractivity contribution in [3.05, 3.63) is 30.8 Å². The van der Waals surface area contributed by atoms with Crippen molar-refractivity contribution < 1.29 is 16.3 Å². The molecule has 0 unspecified atom stereocenters. The molecule has 0 fully saturated rings. The Balaban J connectivity index is -0.000000000500. The van der Waals surface area contributed by atoms with Gasteiger partial charge in [-0.25, -0.2) is 0 Å². The summed E-state index contributed by atoms with van der Waals surface area (Å²) >= 11 is 5.03. The fraction of sp³-hybridized carbons (Fsp3) is 0. The molecule has 0 aliphatic carbocycles. The van der Waals surface area contributed by atoms with E-state index in [-0.39, 0.29) is 30.8 Å². The van der Waals surface area contributed by atoms with Crippen molar-refractivity contribution in [2.24, 2.45) is 0 Å². The Bertz CT molecular complexity index is 8.04. The fourth-order valence-electron chi connectivity index (χ4n) is 0. The Morgan fingerprint density at radius 1 is 0.571 bits per heavy atom. The standard InChI is InChI=1S/BrH.5H2N.Ru/h1H;5*1H2;/q;5*-1;+1/p-1. The fourth-order valence-corrected chi connectivity index (χ4v) is 0. The second-order valence-corrected chi connectivity index (χ2v) is 0. The molecule has 5 nitrogen and oxygen atoms in total. The van der Waals surface area contributed by atoms with Gasteiger partial charge in [0.05, 0.1) is 0 Å². The molecule has 55 valence electrons. The van der Waals surface area contributed by atoms with Crippen molar-refractivity contribution >= 4 is 13.6 Å². The van der Waals surface area contributed by atoms with Crippen LogP contribution in [0.15, 0.2) is 0 Å². The van der Waals surface area contributed by atoms with Gasteiger partial charge in [0.2, 0.25) is 0 Å². The molecular formula is H10BrN5Ru-5. The van der Waals surface area contributed by atoms with Gasteiger partial charge in [-0.3, -0.25) is 0 Å². The van der Waals surface area contributed by atoms with Crippen LogP contribution in [0.5, 0.6) is 0 Å². The third-order valence-corrected chi connectivity index (χ3v) is 0. The van der Waals surface area contributed by atoms with Crippen LogP contribution in [0.1, 0.15) is 0 Å². The van der Waals surface area contributed by atoms with Crippen molar-refractivity contribution in [3.63, 3.8) is 0 Å². The van der Waals surface area contributed by atoms with Gasteiger partial charge in [0.25, 0.3) is 0 Å². The summed E-state index contributed by atoms with van der Waals surface area (Å²) in [6, 6.07) is 0. The zero-order chi connectivity index (χ0) is 2.00. The molecule has 0 rings (SSSR count). The third-order valence-electron chi connectivity index (χ3n) is 0. The molecule has 0 heterocycles. The molecule has 0 amide bonds. The number of rotatable bonds is 0. The van der Waals surface area contributed by atoms with Gasteiger partial charge >= 0.3 is 30.0 Å². The molecule has 0 aliphatic heterocycles.